The number of anilines is 1. The highest BCUT2D eigenvalue weighted by molar-refractivity contribution is 5.84. The number of hydrogen-bond acceptors (Lipinski definition) is 5. The van der Waals surface area contributed by atoms with E-state index in [-0.39, 0.29) is 6.61 Å². The van der Waals surface area contributed by atoms with Crippen molar-refractivity contribution in [3.8, 4) is 0 Å². The smallest absolute Gasteiger partial charge is 0.412 e. The van der Waals surface area contributed by atoms with Crippen molar-refractivity contribution in [2.24, 2.45) is 0 Å². The summed E-state index contributed by atoms with van der Waals surface area (Å²) in [5, 5.41) is 6.10. The molecule has 0 bridgehead atoms. The Morgan fingerprint density at radius 1 is 1.41 bits per heavy atom. The summed E-state index contributed by atoms with van der Waals surface area (Å²) in [5.74, 6) is 1.07. The van der Waals surface area contributed by atoms with Crippen LogP contribution in [0.15, 0.2) is 41.3 Å². The monoisotopic (exact) mass is 301 g/mol. The van der Waals surface area contributed by atoms with Gasteiger partial charge in [0.05, 0.1) is 6.20 Å². The molecule has 1 aliphatic heterocycles. The lowest BCUT2D eigenvalue weighted by Gasteiger charge is -2.23. The molecular formula is C16H19N3O3. The fourth-order valence-corrected chi connectivity index (χ4v) is 2.58. The Balaban J connectivity index is 1.50. The Bertz CT molecular complexity index is 590. The third-order valence-corrected chi connectivity index (χ3v) is 3.75. The fourth-order valence-electron chi connectivity index (χ4n) is 2.58. The van der Waals surface area contributed by atoms with Crippen LogP contribution in [0.4, 0.5) is 10.5 Å². The van der Waals surface area contributed by atoms with Crippen molar-refractivity contribution < 1.29 is 13.9 Å². The molecule has 1 aromatic heterocycles. The minimum atomic E-state index is -0.511. The van der Waals surface area contributed by atoms with Gasteiger partial charge in [-0.25, -0.2) is 9.78 Å². The molecule has 0 unspecified atom stereocenters. The van der Waals surface area contributed by atoms with Crippen LogP contribution in [-0.2, 0) is 11.3 Å². The minimum Gasteiger partial charge on any atom is -0.445 e. The maximum absolute atomic E-state index is 11.7. The van der Waals surface area contributed by atoms with E-state index in [1.54, 1.807) is 0 Å². The summed E-state index contributed by atoms with van der Waals surface area (Å²) in [6.07, 6.45) is 4.72. The van der Waals surface area contributed by atoms with Gasteiger partial charge in [0.2, 0.25) is 0 Å². The summed E-state index contributed by atoms with van der Waals surface area (Å²) < 4.78 is 10.0. The van der Waals surface area contributed by atoms with Crippen LogP contribution in [0.3, 0.4) is 0 Å². The van der Waals surface area contributed by atoms with Crippen LogP contribution < -0.4 is 10.6 Å². The van der Waals surface area contributed by atoms with Crippen molar-refractivity contribution in [1.82, 2.24) is 10.3 Å². The molecule has 2 N–H and O–H groups in total. The molecule has 6 nitrogen and oxygen atoms in total. The topological polar surface area (TPSA) is 76.4 Å². The van der Waals surface area contributed by atoms with Crippen LogP contribution in [0.25, 0.3) is 0 Å². The number of aromatic nitrogens is 1. The second kappa shape index (κ2) is 7.09. The van der Waals surface area contributed by atoms with E-state index in [1.807, 2.05) is 12.1 Å². The fraction of sp³-hybridized carbons (Fsp3) is 0.375. The van der Waals surface area contributed by atoms with Crippen molar-refractivity contribution in [2.75, 3.05) is 18.4 Å². The molecule has 1 saturated heterocycles. The van der Waals surface area contributed by atoms with Crippen molar-refractivity contribution in [1.29, 1.82) is 0 Å². The number of amides is 1. The highest BCUT2D eigenvalue weighted by atomic mass is 16.6. The Hall–Kier alpha value is -2.34. The van der Waals surface area contributed by atoms with Gasteiger partial charge in [0.1, 0.15) is 0 Å². The third kappa shape index (κ3) is 3.85. The first-order valence-corrected chi connectivity index (χ1v) is 7.43. The number of ether oxygens (including phenoxy) is 1. The van der Waals surface area contributed by atoms with Gasteiger partial charge in [0.25, 0.3) is 0 Å². The average Bonchev–Trinajstić information content (AvgIpc) is 3.08. The molecule has 116 valence electrons. The number of hydrogen-bond donors (Lipinski definition) is 2. The second-order valence-electron chi connectivity index (χ2n) is 5.33. The van der Waals surface area contributed by atoms with E-state index in [0.29, 0.717) is 11.7 Å². The van der Waals surface area contributed by atoms with Crippen molar-refractivity contribution in [3.05, 3.63) is 48.2 Å². The van der Waals surface area contributed by atoms with E-state index >= 15 is 0 Å². The first-order chi connectivity index (χ1) is 10.8. The Kier molecular flexibility index (Phi) is 4.70. The number of carbonyl (C=O) groups is 1. The van der Waals surface area contributed by atoms with Gasteiger partial charge >= 0.3 is 6.09 Å². The average molecular weight is 301 g/mol. The number of nitrogens with zero attached hydrogens (tertiary/aromatic N) is 1. The highest BCUT2D eigenvalue weighted by Gasteiger charge is 2.15. The standard InChI is InChI=1S/C16H19N3O3/c20-16(21-10-15-9-18-11-22-15)19-14-5-3-12(4-6-14)13-2-1-7-17-8-13/h3-6,9,11,13,17H,1-2,7-8,10H2,(H,19,20)/t13-/m0/s1. The summed E-state index contributed by atoms with van der Waals surface area (Å²) in [6.45, 7) is 2.19. The van der Waals surface area contributed by atoms with Crippen LogP contribution in [-0.4, -0.2) is 24.2 Å². The number of rotatable bonds is 4. The first kappa shape index (κ1) is 14.6. The Labute approximate surface area is 128 Å². The van der Waals surface area contributed by atoms with Crippen LogP contribution in [0.1, 0.15) is 30.1 Å². The van der Waals surface area contributed by atoms with Crippen LogP contribution in [0, 0.1) is 0 Å². The summed E-state index contributed by atoms with van der Waals surface area (Å²) in [6, 6.07) is 7.92. The molecule has 0 spiro atoms. The molecule has 2 aromatic rings. The van der Waals surface area contributed by atoms with Gasteiger partial charge in [0, 0.05) is 12.2 Å². The van der Waals surface area contributed by atoms with E-state index in [9.17, 15) is 4.79 Å². The number of carbonyl (C=O) groups excluding carboxylic acids is 1. The number of piperidine rings is 1. The minimum absolute atomic E-state index is 0.0671. The van der Waals surface area contributed by atoms with Gasteiger partial charge in [-0.2, -0.15) is 0 Å². The zero-order chi connectivity index (χ0) is 15.2. The van der Waals surface area contributed by atoms with Gasteiger partial charge in [0.15, 0.2) is 18.8 Å². The summed E-state index contributed by atoms with van der Waals surface area (Å²) >= 11 is 0. The van der Waals surface area contributed by atoms with Gasteiger partial charge in [-0.3, -0.25) is 5.32 Å². The van der Waals surface area contributed by atoms with E-state index in [0.717, 1.165) is 18.8 Å². The molecule has 0 aliphatic carbocycles. The summed E-state index contributed by atoms with van der Waals surface area (Å²) in [4.78, 5) is 15.4. The normalized spacial score (nSPS) is 17.9. The van der Waals surface area contributed by atoms with E-state index in [2.05, 4.69) is 27.8 Å². The molecule has 0 saturated carbocycles. The molecule has 1 atom stereocenters. The predicted octanol–water partition coefficient (Wildman–Crippen LogP) is 2.89. The molecule has 1 aromatic carbocycles. The van der Waals surface area contributed by atoms with Gasteiger partial charge in [-0.05, 0) is 43.0 Å². The molecule has 1 amide bonds. The van der Waals surface area contributed by atoms with Crippen molar-refractivity contribution in [3.63, 3.8) is 0 Å². The predicted molar refractivity (Wildman–Crippen MR) is 81.6 cm³/mol. The SMILES string of the molecule is O=C(Nc1ccc([C@H]2CCCNC2)cc1)OCc1cnco1. The lowest BCUT2D eigenvalue weighted by atomic mass is 9.92. The number of nitrogens with one attached hydrogen (secondary N) is 2. The molecule has 1 aliphatic rings. The van der Waals surface area contributed by atoms with Crippen LogP contribution in [0.5, 0.6) is 0 Å². The Morgan fingerprint density at radius 2 is 2.27 bits per heavy atom. The van der Waals surface area contributed by atoms with Crippen LogP contribution in [0.2, 0.25) is 0 Å². The molecule has 1 fully saturated rings. The first-order valence-electron chi connectivity index (χ1n) is 7.43. The van der Waals surface area contributed by atoms with Crippen molar-refractivity contribution >= 4 is 11.8 Å². The molecule has 22 heavy (non-hydrogen) atoms. The van der Waals surface area contributed by atoms with Gasteiger partial charge < -0.3 is 14.5 Å². The van der Waals surface area contributed by atoms with E-state index in [4.69, 9.17) is 9.15 Å². The lowest BCUT2D eigenvalue weighted by Crippen LogP contribution is -2.28. The quantitative estimate of drug-likeness (QED) is 0.908. The third-order valence-electron chi connectivity index (χ3n) is 3.75. The maximum Gasteiger partial charge on any atom is 0.412 e. The van der Waals surface area contributed by atoms with E-state index in [1.165, 1.54) is 31.0 Å². The van der Waals surface area contributed by atoms with E-state index < -0.39 is 6.09 Å². The molecule has 0 radical (unpaired) electrons. The largest absolute Gasteiger partial charge is 0.445 e. The number of benzene rings is 1. The van der Waals surface area contributed by atoms with Gasteiger partial charge in [-0.15, -0.1) is 0 Å². The highest BCUT2D eigenvalue weighted by Crippen LogP contribution is 2.24. The second-order valence-corrected chi connectivity index (χ2v) is 5.33. The molecule has 6 heteroatoms. The molecular weight excluding hydrogens is 282 g/mol. The maximum atomic E-state index is 11.7. The molecule has 2 heterocycles. The van der Waals surface area contributed by atoms with Crippen LogP contribution >= 0.6 is 0 Å². The summed E-state index contributed by atoms with van der Waals surface area (Å²) in [5.41, 5.74) is 2.02. The lowest BCUT2D eigenvalue weighted by molar-refractivity contribution is 0.146. The number of oxazole rings is 1. The van der Waals surface area contributed by atoms with Crippen molar-refractivity contribution in [2.45, 2.75) is 25.4 Å². The zero-order valence-electron chi connectivity index (χ0n) is 12.2. The Morgan fingerprint density at radius 3 is 2.95 bits per heavy atom. The summed E-state index contributed by atoms with van der Waals surface area (Å²) in [7, 11) is 0. The molecule has 3 rings (SSSR count). The zero-order valence-corrected chi connectivity index (χ0v) is 12.2. The van der Waals surface area contributed by atoms with Gasteiger partial charge in [-0.1, -0.05) is 12.1 Å².